The molecule has 4 saturated carbocycles. The lowest BCUT2D eigenvalue weighted by Gasteiger charge is -2.59. The Bertz CT molecular complexity index is 532. The highest BCUT2D eigenvalue weighted by Gasteiger charge is 2.56. The normalized spacial score (nSPS) is 49.0. The molecule has 26 heavy (non-hydrogen) atoms. The molecule has 0 spiro atoms. The zero-order chi connectivity index (χ0) is 18.5. The Labute approximate surface area is 158 Å². The van der Waals surface area contributed by atoms with E-state index in [-0.39, 0.29) is 6.10 Å². The van der Waals surface area contributed by atoms with E-state index in [0.29, 0.717) is 17.8 Å². The number of hydrogen-bond donors (Lipinski definition) is 2. The first kappa shape index (κ1) is 18.8. The third-order valence-corrected chi connectivity index (χ3v) is 9.56. The summed E-state index contributed by atoms with van der Waals surface area (Å²) in [4.78, 5) is 11.0. The van der Waals surface area contributed by atoms with Gasteiger partial charge in [0.25, 0.3) is 0 Å². The van der Waals surface area contributed by atoms with Crippen molar-refractivity contribution in [1.29, 1.82) is 0 Å². The average molecular weight is 363 g/mol. The van der Waals surface area contributed by atoms with Gasteiger partial charge in [0.05, 0.1) is 6.10 Å². The molecule has 0 radical (unpaired) electrons. The van der Waals surface area contributed by atoms with Gasteiger partial charge in [0.15, 0.2) is 0 Å². The maximum atomic E-state index is 11.0. The van der Waals surface area contributed by atoms with Crippen molar-refractivity contribution in [3.8, 4) is 0 Å². The van der Waals surface area contributed by atoms with Crippen LogP contribution in [0.3, 0.4) is 0 Å². The van der Waals surface area contributed by atoms with Crippen LogP contribution >= 0.6 is 0 Å². The van der Waals surface area contributed by atoms with Crippen molar-refractivity contribution in [3.05, 3.63) is 0 Å². The van der Waals surface area contributed by atoms with Gasteiger partial charge in [0, 0.05) is 6.42 Å². The minimum Gasteiger partial charge on any atom is -0.481 e. The van der Waals surface area contributed by atoms with Gasteiger partial charge in [-0.05, 0) is 111 Å². The molecule has 0 aliphatic heterocycles. The van der Waals surface area contributed by atoms with Crippen LogP contribution in [0.15, 0.2) is 0 Å². The Balaban J connectivity index is 1.45. The van der Waals surface area contributed by atoms with Crippen LogP contribution in [0, 0.1) is 46.8 Å². The molecule has 0 unspecified atom stereocenters. The summed E-state index contributed by atoms with van der Waals surface area (Å²) in [5.41, 5.74) is 0.472. The second-order valence-corrected chi connectivity index (χ2v) is 10.5. The summed E-state index contributed by atoms with van der Waals surface area (Å²) in [6.45, 7) is 4.87. The molecule has 3 nitrogen and oxygen atoms in total. The molecule has 0 heterocycles. The van der Waals surface area contributed by atoms with E-state index < -0.39 is 5.97 Å². The Morgan fingerprint density at radius 2 is 1.77 bits per heavy atom. The second-order valence-electron chi connectivity index (χ2n) is 10.5. The van der Waals surface area contributed by atoms with Gasteiger partial charge >= 0.3 is 5.97 Å². The molecule has 2 N–H and O–H groups in total. The van der Waals surface area contributed by atoms with Crippen LogP contribution in [0.25, 0.3) is 0 Å². The van der Waals surface area contributed by atoms with Gasteiger partial charge < -0.3 is 10.2 Å². The van der Waals surface area contributed by atoms with Crippen molar-refractivity contribution in [2.45, 2.75) is 90.6 Å². The zero-order valence-corrected chi connectivity index (χ0v) is 16.7. The Hall–Kier alpha value is -0.570. The van der Waals surface area contributed by atoms with Crippen LogP contribution in [-0.4, -0.2) is 22.3 Å². The fourth-order valence-electron chi connectivity index (χ4n) is 8.21. The summed E-state index contributed by atoms with van der Waals surface area (Å²) < 4.78 is 0. The van der Waals surface area contributed by atoms with Crippen molar-refractivity contribution in [2.24, 2.45) is 46.8 Å². The molecule has 0 bridgehead atoms. The van der Waals surface area contributed by atoms with Gasteiger partial charge in [-0.25, -0.2) is 0 Å². The highest BCUT2D eigenvalue weighted by atomic mass is 16.4. The van der Waals surface area contributed by atoms with Crippen LogP contribution in [0.2, 0.25) is 0 Å². The van der Waals surface area contributed by atoms with Gasteiger partial charge in [-0.15, -0.1) is 0 Å². The lowest BCUT2D eigenvalue weighted by Crippen LogP contribution is -2.52. The van der Waals surface area contributed by atoms with Crippen molar-refractivity contribution in [3.63, 3.8) is 0 Å². The van der Waals surface area contributed by atoms with Crippen LogP contribution in [0.5, 0.6) is 0 Å². The van der Waals surface area contributed by atoms with Gasteiger partial charge in [-0.2, -0.15) is 0 Å². The molecule has 9 atom stereocenters. The number of hydrogen-bond acceptors (Lipinski definition) is 2. The molecule has 4 aliphatic carbocycles. The van der Waals surface area contributed by atoms with E-state index in [4.69, 9.17) is 5.11 Å². The third-order valence-electron chi connectivity index (χ3n) is 9.56. The topological polar surface area (TPSA) is 57.5 Å². The largest absolute Gasteiger partial charge is 0.481 e. The summed E-state index contributed by atoms with van der Waals surface area (Å²) in [7, 11) is 0. The first-order valence-electron chi connectivity index (χ1n) is 11.3. The Morgan fingerprint density at radius 1 is 1.04 bits per heavy atom. The van der Waals surface area contributed by atoms with Gasteiger partial charge in [0.1, 0.15) is 0 Å². The number of carboxylic acids is 1. The standard InChI is InChI=1S/C23H38O3/c1-14(3-10-22(25)26)17-6-7-19-18(17)8-9-21-20(19)5-4-15-13-16(24)11-12-23(15,21)2/h14-21,24H,3-13H2,1-2H3,(H,25,26)/t14-,15-,16-,17-,18-,19-,20+,21+,23+/m1/s1. The first-order valence-corrected chi connectivity index (χ1v) is 11.3. The number of aliphatic hydroxyl groups excluding tert-OH is 1. The van der Waals surface area contributed by atoms with Crippen LogP contribution < -0.4 is 0 Å². The quantitative estimate of drug-likeness (QED) is 0.730. The molecule has 0 saturated heterocycles. The van der Waals surface area contributed by atoms with Crippen LogP contribution in [0.1, 0.15) is 84.5 Å². The molecule has 4 rings (SSSR count). The molecular weight excluding hydrogens is 324 g/mol. The summed E-state index contributed by atoms with van der Waals surface area (Å²) in [6.07, 6.45) is 12.6. The predicted molar refractivity (Wildman–Crippen MR) is 103 cm³/mol. The molecule has 3 heteroatoms. The van der Waals surface area contributed by atoms with E-state index >= 15 is 0 Å². The second kappa shape index (κ2) is 7.11. The fraction of sp³-hybridized carbons (Fsp3) is 0.957. The number of aliphatic carboxylic acids is 1. The SMILES string of the molecule is C[C@H](CCC(=O)O)[C@H]1CC[C@@H]2[C@@H]1CC[C@H]1[C@H]2CC[C@@H]2C[C@H](O)CC[C@@]21C. The number of aliphatic hydroxyl groups is 1. The Kier molecular flexibility index (Phi) is 5.14. The van der Waals surface area contributed by atoms with Crippen molar-refractivity contribution in [2.75, 3.05) is 0 Å². The smallest absolute Gasteiger partial charge is 0.303 e. The van der Waals surface area contributed by atoms with E-state index in [1.54, 1.807) is 0 Å². The van der Waals surface area contributed by atoms with Crippen LogP contribution in [-0.2, 0) is 4.79 Å². The first-order chi connectivity index (χ1) is 12.4. The predicted octanol–water partition coefficient (Wildman–Crippen LogP) is 5.12. The zero-order valence-electron chi connectivity index (χ0n) is 16.7. The lowest BCUT2D eigenvalue weighted by molar-refractivity contribution is -0.137. The molecule has 0 aromatic carbocycles. The summed E-state index contributed by atoms with van der Waals surface area (Å²) in [6, 6.07) is 0. The molecule has 0 amide bonds. The van der Waals surface area contributed by atoms with E-state index in [0.717, 1.165) is 54.8 Å². The molecular formula is C23H38O3. The van der Waals surface area contributed by atoms with Gasteiger partial charge in [0.2, 0.25) is 0 Å². The van der Waals surface area contributed by atoms with Crippen molar-refractivity contribution >= 4 is 5.97 Å². The van der Waals surface area contributed by atoms with E-state index in [1.165, 1.54) is 44.9 Å². The molecule has 0 aromatic heterocycles. The number of fused-ring (bicyclic) bond motifs is 5. The summed E-state index contributed by atoms with van der Waals surface area (Å²) in [5.74, 6) is 4.97. The van der Waals surface area contributed by atoms with Gasteiger partial charge in [-0.1, -0.05) is 13.8 Å². The number of rotatable bonds is 4. The summed E-state index contributed by atoms with van der Waals surface area (Å²) in [5, 5.41) is 19.2. The van der Waals surface area contributed by atoms with E-state index in [2.05, 4.69) is 13.8 Å². The highest BCUT2D eigenvalue weighted by Crippen LogP contribution is 2.64. The number of carboxylic acid groups (broad SMARTS) is 1. The number of carbonyl (C=O) groups is 1. The minimum atomic E-state index is -0.638. The van der Waals surface area contributed by atoms with Crippen LogP contribution in [0.4, 0.5) is 0 Å². The maximum Gasteiger partial charge on any atom is 0.303 e. The van der Waals surface area contributed by atoms with E-state index in [1.807, 2.05) is 0 Å². The Morgan fingerprint density at radius 3 is 2.54 bits per heavy atom. The molecule has 4 aliphatic rings. The maximum absolute atomic E-state index is 11.0. The van der Waals surface area contributed by atoms with E-state index in [9.17, 15) is 9.90 Å². The molecule has 4 fully saturated rings. The third kappa shape index (κ3) is 3.12. The molecule has 148 valence electrons. The fourth-order valence-corrected chi connectivity index (χ4v) is 8.21. The lowest BCUT2D eigenvalue weighted by atomic mass is 9.47. The van der Waals surface area contributed by atoms with Crippen molar-refractivity contribution < 1.29 is 15.0 Å². The minimum absolute atomic E-state index is 0.0492. The monoisotopic (exact) mass is 362 g/mol. The van der Waals surface area contributed by atoms with Gasteiger partial charge in [-0.3, -0.25) is 4.79 Å². The van der Waals surface area contributed by atoms with Crippen molar-refractivity contribution in [1.82, 2.24) is 0 Å². The highest BCUT2D eigenvalue weighted by molar-refractivity contribution is 5.66. The molecule has 0 aromatic rings. The summed E-state index contributed by atoms with van der Waals surface area (Å²) >= 11 is 0. The average Bonchev–Trinajstić information content (AvgIpc) is 3.04.